The number of nitrogens with one attached hydrogen (secondary N) is 2. The highest BCUT2D eigenvalue weighted by atomic mass is 16.1. The number of nitrogens with zero attached hydrogens (tertiary/aromatic N) is 2. The van der Waals surface area contributed by atoms with Gasteiger partial charge in [0.25, 0.3) is 0 Å². The minimum absolute atomic E-state index is 0.0993. The minimum Gasteiger partial charge on any atom is -0.352 e. The van der Waals surface area contributed by atoms with Gasteiger partial charge in [-0.3, -0.25) is 9.48 Å². The van der Waals surface area contributed by atoms with Crippen LogP contribution in [0.4, 0.5) is 0 Å². The van der Waals surface area contributed by atoms with E-state index in [1.807, 2.05) is 25.6 Å². The highest BCUT2D eigenvalue weighted by Crippen LogP contribution is 2.17. The molecule has 5 nitrogen and oxygen atoms in total. The van der Waals surface area contributed by atoms with Gasteiger partial charge in [0, 0.05) is 31.4 Å². The molecule has 2 heterocycles. The first-order chi connectivity index (χ1) is 8.50. The van der Waals surface area contributed by atoms with E-state index in [1.54, 1.807) is 0 Å². The van der Waals surface area contributed by atoms with Crippen molar-refractivity contribution >= 4 is 5.91 Å². The molecular weight excluding hydrogens is 228 g/mol. The van der Waals surface area contributed by atoms with Crippen molar-refractivity contribution in [3.8, 4) is 0 Å². The molecule has 1 aliphatic heterocycles. The summed E-state index contributed by atoms with van der Waals surface area (Å²) in [6, 6.07) is 0. The fraction of sp³-hybridized carbons (Fsp3) is 0.692. The van der Waals surface area contributed by atoms with Crippen LogP contribution in [0.25, 0.3) is 0 Å². The lowest BCUT2D eigenvalue weighted by atomic mass is 9.97. The topological polar surface area (TPSA) is 59.0 Å². The van der Waals surface area contributed by atoms with Crippen LogP contribution in [0.15, 0.2) is 0 Å². The van der Waals surface area contributed by atoms with Gasteiger partial charge in [0.2, 0.25) is 5.91 Å². The molecule has 5 heteroatoms. The number of hydrogen-bond donors (Lipinski definition) is 2. The van der Waals surface area contributed by atoms with Crippen LogP contribution in [0.3, 0.4) is 0 Å². The average Bonchev–Trinajstić information content (AvgIpc) is 2.83. The highest BCUT2D eigenvalue weighted by Gasteiger charge is 2.29. The molecule has 1 aromatic rings. The molecule has 1 aromatic heterocycles. The monoisotopic (exact) mass is 250 g/mol. The zero-order valence-corrected chi connectivity index (χ0v) is 11.6. The fourth-order valence-corrected chi connectivity index (χ4v) is 2.54. The van der Waals surface area contributed by atoms with Gasteiger partial charge in [-0.1, -0.05) is 6.92 Å². The van der Waals surface area contributed by atoms with Crippen molar-refractivity contribution in [2.45, 2.75) is 27.3 Å². The van der Waals surface area contributed by atoms with Crippen molar-refractivity contribution in [1.29, 1.82) is 0 Å². The van der Waals surface area contributed by atoms with E-state index < -0.39 is 0 Å². The van der Waals surface area contributed by atoms with Gasteiger partial charge in [-0.25, -0.2) is 0 Å². The van der Waals surface area contributed by atoms with E-state index in [0.29, 0.717) is 12.5 Å². The van der Waals surface area contributed by atoms with E-state index in [9.17, 15) is 4.79 Å². The smallest absolute Gasteiger partial charge is 0.224 e. The molecule has 0 aliphatic carbocycles. The standard InChI is InChI=1S/C13H22N4O/c1-8-5-14-6-11(8)13(18)15-7-12-9(2)16-17(4)10(12)3/h8,11,14H,5-7H2,1-4H3,(H,15,18). The first-order valence-electron chi connectivity index (χ1n) is 6.48. The Kier molecular flexibility index (Phi) is 3.71. The van der Waals surface area contributed by atoms with Crippen LogP contribution in [-0.2, 0) is 18.4 Å². The van der Waals surface area contributed by atoms with Gasteiger partial charge >= 0.3 is 0 Å². The summed E-state index contributed by atoms with van der Waals surface area (Å²) in [6.45, 7) is 8.43. The Hall–Kier alpha value is -1.36. The molecule has 0 saturated carbocycles. The molecule has 1 saturated heterocycles. The van der Waals surface area contributed by atoms with E-state index in [-0.39, 0.29) is 11.8 Å². The van der Waals surface area contributed by atoms with Crippen molar-refractivity contribution in [2.75, 3.05) is 13.1 Å². The Morgan fingerprint density at radius 1 is 1.50 bits per heavy atom. The van der Waals surface area contributed by atoms with E-state index in [4.69, 9.17) is 0 Å². The summed E-state index contributed by atoms with van der Waals surface area (Å²) >= 11 is 0. The van der Waals surface area contributed by atoms with Crippen molar-refractivity contribution in [3.63, 3.8) is 0 Å². The Balaban J connectivity index is 1.97. The number of amides is 1. The molecule has 0 bridgehead atoms. The van der Waals surface area contributed by atoms with Crippen molar-refractivity contribution < 1.29 is 4.79 Å². The fourth-order valence-electron chi connectivity index (χ4n) is 2.54. The Morgan fingerprint density at radius 2 is 2.22 bits per heavy atom. The maximum Gasteiger partial charge on any atom is 0.224 e. The van der Waals surface area contributed by atoms with E-state index in [1.165, 1.54) is 0 Å². The van der Waals surface area contributed by atoms with Gasteiger partial charge in [-0.15, -0.1) is 0 Å². The van der Waals surface area contributed by atoms with E-state index in [0.717, 1.165) is 30.0 Å². The highest BCUT2D eigenvalue weighted by molar-refractivity contribution is 5.79. The summed E-state index contributed by atoms with van der Waals surface area (Å²) in [7, 11) is 1.93. The predicted octanol–water partition coefficient (Wildman–Crippen LogP) is 0.509. The lowest BCUT2D eigenvalue weighted by Crippen LogP contribution is -2.34. The lowest BCUT2D eigenvalue weighted by molar-refractivity contribution is -0.125. The van der Waals surface area contributed by atoms with Crippen LogP contribution in [0, 0.1) is 25.7 Å². The maximum absolute atomic E-state index is 12.1. The van der Waals surface area contributed by atoms with Gasteiger partial charge in [-0.05, 0) is 26.3 Å². The zero-order chi connectivity index (χ0) is 13.3. The van der Waals surface area contributed by atoms with Crippen LogP contribution < -0.4 is 10.6 Å². The molecule has 0 spiro atoms. The van der Waals surface area contributed by atoms with Gasteiger partial charge < -0.3 is 10.6 Å². The Labute approximate surface area is 108 Å². The molecule has 0 radical (unpaired) electrons. The first kappa shape index (κ1) is 13.1. The van der Waals surface area contributed by atoms with E-state index in [2.05, 4.69) is 22.7 Å². The molecule has 100 valence electrons. The number of rotatable bonds is 3. The third-order valence-corrected chi connectivity index (χ3v) is 3.95. The SMILES string of the molecule is Cc1nn(C)c(C)c1CNC(=O)C1CNCC1C. The third-order valence-electron chi connectivity index (χ3n) is 3.95. The number of hydrogen-bond acceptors (Lipinski definition) is 3. The largest absolute Gasteiger partial charge is 0.352 e. The van der Waals surface area contributed by atoms with Gasteiger partial charge in [0.05, 0.1) is 11.6 Å². The zero-order valence-electron chi connectivity index (χ0n) is 11.6. The van der Waals surface area contributed by atoms with Crippen LogP contribution in [0.5, 0.6) is 0 Å². The van der Waals surface area contributed by atoms with Crippen molar-refractivity contribution in [1.82, 2.24) is 20.4 Å². The van der Waals surface area contributed by atoms with E-state index >= 15 is 0 Å². The maximum atomic E-state index is 12.1. The summed E-state index contributed by atoms with van der Waals surface area (Å²) in [6.07, 6.45) is 0. The molecular formula is C13H22N4O. The number of carbonyl (C=O) groups excluding carboxylic acids is 1. The van der Waals surface area contributed by atoms with Gasteiger partial charge in [0.15, 0.2) is 0 Å². The Morgan fingerprint density at radius 3 is 2.72 bits per heavy atom. The lowest BCUT2D eigenvalue weighted by Gasteiger charge is -2.14. The van der Waals surface area contributed by atoms with Crippen molar-refractivity contribution in [3.05, 3.63) is 17.0 Å². The average molecular weight is 250 g/mol. The molecule has 0 aromatic carbocycles. The normalized spacial score (nSPS) is 23.3. The first-order valence-corrected chi connectivity index (χ1v) is 6.48. The molecule has 2 N–H and O–H groups in total. The van der Waals surface area contributed by atoms with Gasteiger partial charge in [-0.2, -0.15) is 5.10 Å². The summed E-state index contributed by atoms with van der Waals surface area (Å²) in [4.78, 5) is 12.1. The summed E-state index contributed by atoms with van der Waals surface area (Å²) in [5.74, 6) is 0.665. The summed E-state index contributed by atoms with van der Waals surface area (Å²) in [5, 5.41) is 10.6. The Bertz CT molecular complexity index is 452. The van der Waals surface area contributed by atoms with Crippen LogP contribution in [0.1, 0.15) is 23.9 Å². The molecule has 2 rings (SSSR count). The molecule has 1 amide bonds. The molecule has 2 unspecified atom stereocenters. The second-order valence-electron chi connectivity index (χ2n) is 5.23. The van der Waals surface area contributed by atoms with Crippen molar-refractivity contribution in [2.24, 2.45) is 18.9 Å². The second-order valence-corrected chi connectivity index (χ2v) is 5.23. The van der Waals surface area contributed by atoms with Crippen LogP contribution in [0.2, 0.25) is 0 Å². The van der Waals surface area contributed by atoms with Crippen LogP contribution >= 0.6 is 0 Å². The molecule has 1 fully saturated rings. The number of aromatic nitrogens is 2. The summed E-state index contributed by atoms with van der Waals surface area (Å²) in [5.41, 5.74) is 3.24. The predicted molar refractivity (Wildman–Crippen MR) is 70.1 cm³/mol. The van der Waals surface area contributed by atoms with Crippen LogP contribution in [-0.4, -0.2) is 28.8 Å². The quantitative estimate of drug-likeness (QED) is 0.821. The third kappa shape index (κ3) is 2.41. The molecule has 18 heavy (non-hydrogen) atoms. The minimum atomic E-state index is 0.0993. The molecule has 1 aliphatic rings. The summed E-state index contributed by atoms with van der Waals surface area (Å²) < 4.78 is 1.86. The molecule has 2 atom stereocenters. The number of aryl methyl sites for hydroxylation is 2. The second kappa shape index (κ2) is 5.10. The van der Waals surface area contributed by atoms with Gasteiger partial charge in [0.1, 0.15) is 0 Å². The number of carbonyl (C=O) groups is 1.